The van der Waals surface area contributed by atoms with Crippen LogP contribution in [0.5, 0.6) is 5.75 Å². The molecule has 0 saturated carbocycles. The second-order valence-corrected chi connectivity index (χ2v) is 4.84. The monoisotopic (exact) mass is 267 g/mol. The standard InChI is InChI=1S/C17H17NO2/c1-2-18(14-9-4-3-5-10-14)17(19)16-12-13-8-6-7-11-15(13)20-16/h3-11,16H,2,12H2,1H3. The number of amides is 1. The average Bonchev–Trinajstić information content (AvgIpc) is 2.93. The molecule has 0 N–H and O–H groups in total. The minimum atomic E-state index is -0.410. The van der Waals surface area contributed by atoms with E-state index in [0.717, 1.165) is 17.0 Å². The molecule has 0 fully saturated rings. The molecule has 2 aromatic rings. The Morgan fingerprint density at radius 3 is 2.55 bits per heavy atom. The van der Waals surface area contributed by atoms with Crippen LogP contribution in [-0.2, 0) is 11.2 Å². The predicted octanol–water partition coefficient (Wildman–Crippen LogP) is 3.04. The van der Waals surface area contributed by atoms with Crippen LogP contribution in [0.15, 0.2) is 54.6 Å². The van der Waals surface area contributed by atoms with E-state index in [4.69, 9.17) is 4.74 Å². The van der Waals surface area contributed by atoms with Crippen molar-refractivity contribution in [2.24, 2.45) is 0 Å². The molecule has 1 heterocycles. The molecular weight excluding hydrogens is 250 g/mol. The highest BCUT2D eigenvalue weighted by molar-refractivity contribution is 5.97. The molecule has 20 heavy (non-hydrogen) atoms. The number of hydrogen-bond acceptors (Lipinski definition) is 2. The highest BCUT2D eigenvalue weighted by Crippen LogP contribution is 2.29. The van der Waals surface area contributed by atoms with Crippen molar-refractivity contribution in [1.82, 2.24) is 0 Å². The van der Waals surface area contributed by atoms with Crippen molar-refractivity contribution in [2.45, 2.75) is 19.4 Å². The Labute approximate surface area is 118 Å². The first-order valence-electron chi connectivity index (χ1n) is 6.90. The van der Waals surface area contributed by atoms with Gasteiger partial charge in [0, 0.05) is 18.7 Å². The number of hydrogen-bond donors (Lipinski definition) is 0. The fourth-order valence-corrected chi connectivity index (χ4v) is 2.57. The van der Waals surface area contributed by atoms with Crippen LogP contribution >= 0.6 is 0 Å². The Kier molecular flexibility index (Phi) is 3.42. The van der Waals surface area contributed by atoms with Gasteiger partial charge < -0.3 is 9.64 Å². The maximum Gasteiger partial charge on any atom is 0.268 e. The van der Waals surface area contributed by atoms with Crippen LogP contribution < -0.4 is 9.64 Å². The van der Waals surface area contributed by atoms with Gasteiger partial charge in [-0.2, -0.15) is 0 Å². The Hall–Kier alpha value is -2.29. The zero-order chi connectivity index (χ0) is 13.9. The van der Waals surface area contributed by atoms with Gasteiger partial charge in [0.2, 0.25) is 0 Å². The van der Waals surface area contributed by atoms with E-state index in [9.17, 15) is 4.79 Å². The molecule has 0 bridgehead atoms. The van der Waals surface area contributed by atoms with E-state index < -0.39 is 6.10 Å². The number of benzene rings is 2. The normalized spacial score (nSPS) is 16.4. The van der Waals surface area contributed by atoms with Gasteiger partial charge in [-0.1, -0.05) is 36.4 Å². The van der Waals surface area contributed by atoms with Crippen LogP contribution in [0, 0.1) is 0 Å². The highest BCUT2D eigenvalue weighted by Gasteiger charge is 2.32. The molecule has 102 valence electrons. The molecule has 3 nitrogen and oxygen atoms in total. The van der Waals surface area contributed by atoms with Gasteiger partial charge in [-0.15, -0.1) is 0 Å². The lowest BCUT2D eigenvalue weighted by molar-refractivity contribution is -0.124. The fourth-order valence-electron chi connectivity index (χ4n) is 2.57. The van der Waals surface area contributed by atoms with Crippen LogP contribution in [0.1, 0.15) is 12.5 Å². The van der Waals surface area contributed by atoms with Crippen molar-refractivity contribution >= 4 is 11.6 Å². The van der Waals surface area contributed by atoms with Gasteiger partial charge in [-0.25, -0.2) is 0 Å². The second-order valence-electron chi connectivity index (χ2n) is 4.84. The van der Waals surface area contributed by atoms with Crippen molar-refractivity contribution in [3.05, 3.63) is 60.2 Å². The van der Waals surface area contributed by atoms with Gasteiger partial charge in [-0.3, -0.25) is 4.79 Å². The van der Waals surface area contributed by atoms with E-state index in [1.165, 1.54) is 0 Å². The van der Waals surface area contributed by atoms with Crippen molar-refractivity contribution in [1.29, 1.82) is 0 Å². The summed E-state index contributed by atoms with van der Waals surface area (Å²) in [5.41, 5.74) is 2.02. The molecule has 1 amide bonds. The first kappa shape index (κ1) is 12.7. The van der Waals surface area contributed by atoms with Crippen molar-refractivity contribution in [3.8, 4) is 5.75 Å². The molecule has 0 saturated heterocycles. The third-order valence-corrected chi connectivity index (χ3v) is 3.57. The minimum Gasteiger partial charge on any atom is -0.480 e. The Morgan fingerprint density at radius 1 is 1.15 bits per heavy atom. The number of nitrogens with zero attached hydrogens (tertiary/aromatic N) is 1. The Morgan fingerprint density at radius 2 is 1.85 bits per heavy atom. The first-order chi connectivity index (χ1) is 9.79. The molecule has 1 atom stereocenters. The number of likely N-dealkylation sites (N-methyl/N-ethyl adjacent to an activating group) is 1. The average molecular weight is 267 g/mol. The van der Waals surface area contributed by atoms with E-state index in [0.29, 0.717) is 13.0 Å². The van der Waals surface area contributed by atoms with Crippen LogP contribution in [-0.4, -0.2) is 18.6 Å². The minimum absolute atomic E-state index is 0.0231. The van der Waals surface area contributed by atoms with Crippen LogP contribution in [0.2, 0.25) is 0 Å². The van der Waals surface area contributed by atoms with Crippen molar-refractivity contribution in [2.75, 3.05) is 11.4 Å². The van der Waals surface area contributed by atoms with Crippen molar-refractivity contribution in [3.63, 3.8) is 0 Å². The number of carbonyl (C=O) groups is 1. The summed E-state index contributed by atoms with van der Waals surface area (Å²) < 4.78 is 5.78. The highest BCUT2D eigenvalue weighted by atomic mass is 16.5. The number of anilines is 1. The summed E-state index contributed by atoms with van der Waals surface area (Å²) in [7, 11) is 0. The molecule has 3 heteroatoms. The van der Waals surface area contributed by atoms with Gasteiger partial charge in [-0.05, 0) is 30.7 Å². The van der Waals surface area contributed by atoms with Gasteiger partial charge >= 0.3 is 0 Å². The lowest BCUT2D eigenvalue weighted by Gasteiger charge is -2.24. The van der Waals surface area contributed by atoms with E-state index >= 15 is 0 Å². The summed E-state index contributed by atoms with van der Waals surface area (Å²) in [6.07, 6.45) is 0.241. The molecule has 0 aromatic heterocycles. The maximum atomic E-state index is 12.6. The Bertz CT molecular complexity index is 584. The summed E-state index contributed by atoms with van der Waals surface area (Å²) in [5.74, 6) is 0.852. The first-order valence-corrected chi connectivity index (χ1v) is 6.90. The van der Waals surface area contributed by atoms with Gasteiger partial charge in [0.25, 0.3) is 5.91 Å². The molecule has 1 aliphatic heterocycles. The fraction of sp³-hybridized carbons (Fsp3) is 0.235. The second kappa shape index (κ2) is 5.37. The van der Waals surface area contributed by atoms with Crippen molar-refractivity contribution < 1.29 is 9.53 Å². The lowest BCUT2D eigenvalue weighted by Crippen LogP contribution is -2.41. The molecule has 1 aliphatic rings. The topological polar surface area (TPSA) is 29.5 Å². The molecular formula is C17H17NO2. The van der Waals surface area contributed by atoms with Crippen LogP contribution in [0.25, 0.3) is 0 Å². The smallest absolute Gasteiger partial charge is 0.268 e. The predicted molar refractivity (Wildman–Crippen MR) is 79.0 cm³/mol. The van der Waals surface area contributed by atoms with Crippen LogP contribution in [0.3, 0.4) is 0 Å². The lowest BCUT2D eigenvalue weighted by atomic mass is 10.1. The number of carbonyl (C=O) groups excluding carboxylic acids is 1. The molecule has 0 aliphatic carbocycles. The summed E-state index contributed by atoms with van der Waals surface area (Å²) in [5, 5.41) is 0. The molecule has 2 aromatic carbocycles. The third-order valence-electron chi connectivity index (χ3n) is 3.57. The largest absolute Gasteiger partial charge is 0.480 e. The number of rotatable bonds is 3. The summed E-state index contributed by atoms with van der Waals surface area (Å²) >= 11 is 0. The zero-order valence-corrected chi connectivity index (χ0v) is 11.5. The summed E-state index contributed by atoms with van der Waals surface area (Å²) in [6, 6.07) is 17.6. The van der Waals surface area contributed by atoms with E-state index in [1.807, 2.05) is 61.5 Å². The maximum absolute atomic E-state index is 12.6. The summed E-state index contributed by atoms with van der Waals surface area (Å²) in [6.45, 7) is 2.62. The van der Waals surface area contributed by atoms with E-state index in [1.54, 1.807) is 4.90 Å². The third kappa shape index (κ3) is 2.27. The molecule has 0 radical (unpaired) electrons. The molecule has 3 rings (SSSR count). The number of ether oxygens (including phenoxy) is 1. The van der Waals surface area contributed by atoms with Crippen LogP contribution in [0.4, 0.5) is 5.69 Å². The van der Waals surface area contributed by atoms with E-state index in [2.05, 4.69) is 0 Å². The Balaban J connectivity index is 1.80. The number of fused-ring (bicyclic) bond motifs is 1. The van der Waals surface area contributed by atoms with Gasteiger partial charge in [0.05, 0.1) is 0 Å². The number of para-hydroxylation sites is 2. The molecule has 1 unspecified atom stereocenters. The van der Waals surface area contributed by atoms with E-state index in [-0.39, 0.29) is 5.91 Å². The summed E-state index contributed by atoms with van der Waals surface area (Å²) in [4.78, 5) is 14.4. The molecule has 0 spiro atoms. The van der Waals surface area contributed by atoms with Gasteiger partial charge in [0.1, 0.15) is 5.75 Å². The van der Waals surface area contributed by atoms with Gasteiger partial charge in [0.15, 0.2) is 6.10 Å². The zero-order valence-electron chi connectivity index (χ0n) is 11.5. The SMILES string of the molecule is CCN(C(=O)C1Cc2ccccc2O1)c1ccccc1. The quantitative estimate of drug-likeness (QED) is 0.855.